The second-order valence-electron chi connectivity index (χ2n) is 4.79. The Morgan fingerprint density at radius 2 is 1.88 bits per heavy atom. The van der Waals surface area contributed by atoms with Crippen LogP contribution in [-0.2, 0) is 14.3 Å². The molecule has 1 N–H and O–H groups in total. The summed E-state index contributed by atoms with van der Waals surface area (Å²) >= 11 is 0. The van der Waals surface area contributed by atoms with Crippen LogP contribution in [0.1, 0.15) is 27.7 Å². The molecule has 0 aliphatic heterocycles. The molecule has 0 unspecified atom stereocenters. The van der Waals surface area contributed by atoms with Gasteiger partial charge in [-0.05, 0) is 27.7 Å². The first-order valence-electron chi connectivity index (χ1n) is 5.38. The summed E-state index contributed by atoms with van der Waals surface area (Å²) < 4.78 is 9.59. The predicted octanol–water partition coefficient (Wildman–Crippen LogP) is 0.777. The van der Waals surface area contributed by atoms with E-state index in [9.17, 15) is 14.7 Å². The van der Waals surface area contributed by atoms with E-state index in [1.165, 1.54) is 14.0 Å². The van der Waals surface area contributed by atoms with E-state index in [4.69, 9.17) is 4.74 Å². The molecule has 0 aromatic rings. The van der Waals surface area contributed by atoms with Crippen molar-refractivity contribution >= 4 is 12.1 Å². The number of ether oxygens (including phenoxy) is 2. The minimum absolute atomic E-state index is 0.0179. The van der Waals surface area contributed by atoms with E-state index in [1.54, 1.807) is 20.8 Å². The Kier molecular flexibility index (Phi) is 5.95. The SMILES string of the molecule is COC(=O)CN(C[C@H](C)O)C(=O)OC(C)(C)C. The first-order chi connectivity index (χ1) is 7.65. The Morgan fingerprint density at radius 1 is 1.35 bits per heavy atom. The highest BCUT2D eigenvalue weighted by atomic mass is 16.6. The minimum Gasteiger partial charge on any atom is -0.468 e. The van der Waals surface area contributed by atoms with E-state index in [0.717, 1.165) is 4.90 Å². The Morgan fingerprint density at radius 3 is 2.24 bits per heavy atom. The Labute approximate surface area is 101 Å². The molecule has 0 aromatic heterocycles. The van der Waals surface area contributed by atoms with Gasteiger partial charge in [0.05, 0.1) is 19.8 Å². The van der Waals surface area contributed by atoms with Gasteiger partial charge >= 0.3 is 12.1 Å². The first-order valence-corrected chi connectivity index (χ1v) is 5.38. The molecule has 1 atom stereocenters. The first kappa shape index (κ1) is 15.7. The third-order valence-corrected chi connectivity index (χ3v) is 1.68. The topological polar surface area (TPSA) is 76.1 Å². The fourth-order valence-corrected chi connectivity index (χ4v) is 1.07. The number of aliphatic hydroxyl groups is 1. The molecule has 0 radical (unpaired) electrons. The smallest absolute Gasteiger partial charge is 0.410 e. The van der Waals surface area contributed by atoms with Gasteiger partial charge in [-0.1, -0.05) is 0 Å². The molecule has 0 aliphatic rings. The predicted molar refractivity (Wildman–Crippen MR) is 61.5 cm³/mol. The lowest BCUT2D eigenvalue weighted by Gasteiger charge is -2.27. The lowest BCUT2D eigenvalue weighted by Crippen LogP contribution is -2.43. The molecule has 0 saturated heterocycles. The summed E-state index contributed by atoms with van der Waals surface area (Å²) in [5, 5.41) is 9.25. The second kappa shape index (κ2) is 6.44. The average molecular weight is 247 g/mol. The number of carbonyl (C=O) groups is 2. The summed E-state index contributed by atoms with van der Waals surface area (Å²) in [6.07, 6.45) is -1.39. The third-order valence-electron chi connectivity index (χ3n) is 1.68. The van der Waals surface area contributed by atoms with Crippen LogP contribution >= 0.6 is 0 Å². The van der Waals surface area contributed by atoms with Crippen LogP contribution in [0.15, 0.2) is 0 Å². The van der Waals surface area contributed by atoms with Crippen molar-refractivity contribution in [3.63, 3.8) is 0 Å². The van der Waals surface area contributed by atoms with Crippen LogP contribution in [0.4, 0.5) is 4.79 Å². The Hall–Kier alpha value is -1.30. The van der Waals surface area contributed by atoms with Crippen LogP contribution < -0.4 is 0 Å². The van der Waals surface area contributed by atoms with Gasteiger partial charge in [-0.25, -0.2) is 4.79 Å². The van der Waals surface area contributed by atoms with Crippen molar-refractivity contribution < 1.29 is 24.2 Å². The number of hydrogen-bond donors (Lipinski definition) is 1. The van der Waals surface area contributed by atoms with Crippen molar-refractivity contribution in [2.75, 3.05) is 20.2 Å². The lowest BCUT2D eigenvalue weighted by molar-refractivity contribution is -0.142. The van der Waals surface area contributed by atoms with E-state index in [2.05, 4.69) is 4.74 Å². The number of nitrogens with zero attached hydrogens (tertiary/aromatic N) is 1. The molecule has 0 heterocycles. The normalized spacial score (nSPS) is 12.8. The largest absolute Gasteiger partial charge is 0.468 e. The van der Waals surface area contributed by atoms with Crippen LogP contribution in [-0.4, -0.2) is 54.0 Å². The lowest BCUT2D eigenvalue weighted by atomic mass is 10.2. The number of methoxy groups -OCH3 is 1. The molecule has 0 bridgehead atoms. The van der Waals surface area contributed by atoms with Gasteiger partial charge in [-0.3, -0.25) is 9.69 Å². The number of hydrogen-bond acceptors (Lipinski definition) is 5. The highest BCUT2D eigenvalue weighted by Gasteiger charge is 2.25. The van der Waals surface area contributed by atoms with Crippen LogP contribution in [0.2, 0.25) is 0 Å². The van der Waals surface area contributed by atoms with E-state index < -0.39 is 23.8 Å². The zero-order valence-electron chi connectivity index (χ0n) is 11.0. The summed E-state index contributed by atoms with van der Waals surface area (Å²) in [5.74, 6) is -0.559. The fraction of sp³-hybridized carbons (Fsp3) is 0.818. The van der Waals surface area contributed by atoms with Crippen LogP contribution in [0.25, 0.3) is 0 Å². The minimum atomic E-state index is -0.743. The van der Waals surface area contributed by atoms with Gasteiger partial charge in [0.1, 0.15) is 12.1 Å². The van der Waals surface area contributed by atoms with Crippen molar-refractivity contribution in [3.05, 3.63) is 0 Å². The molecule has 6 nitrogen and oxygen atoms in total. The van der Waals surface area contributed by atoms with Crippen molar-refractivity contribution in [3.8, 4) is 0 Å². The van der Waals surface area contributed by atoms with Crippen LogP contribution in [0.5, 0.6) is 0 Å². The molecule has 0 saturated carbocycles. The van der Waals surface area contributed by atoms with Crippen molar-refractivity contribution in [1.82, 2.24) is 4.90 Å². The Bertz CT molecular complexity index is 270. The molecule has 0 aromatic carbocycles. The summed E-state index contributed by atoms with van der Waals surface area (Å²) in [7, 11) is 1.23. The maximum absolute atomic E-state index is 11.7. The van der Waals surface area contributed by atoms with E-state index in [1.807, 2.05) is 0 Å². The van der Waals surface area contributed by atoms with E-state index in [0.29, 0.717) is 0 Å². The van der Waals surface area contributed by atoms with Crippen molar-refractivity contribution in [2.45, 2.75) is 39.4 Å². The summed E-state index contributed by atoms with van der Waals surface area (Å²) in [6, 6.07) is 0. The van der Waals surface area contributed by atoms with E-state index >= 15 is 0 Å². The van der Waals surface area contributed by atoms with Crippen LogP contribution in [0, 0.1) is 0 Å². The van der Waals surface area contributed by atoms with Crippen molar-refractivity contribution in [2.24, 2.45) is 0 Å². The monoisotopic (exact) mass is 247 g/mol. The molecular formula is C11H21NO5. The Balaban J connectivity index is 4.56. The zero-order valence-corrected chi connectivity index (χ0v) is 11.0. The fourth-order valence-electron chi connectivity index (χ4n) is 1.07. The molecule has 100 valence electrons. The zero-order chi connectivity index (χ0) is 13.6. The van der Waals surface area contributed by atoms with Crippen molar-refractivity contribution in [1.29, 1.82) is 0 Å². The average Bonchev–Trinajstić information content (AvgIpc) is 2.13. The molecule has 1 amide bonds. The van der Waals surface area contributed by atoms with Gasteiger partial charge in [0.15, 0.2) is 0 Å². The second-order valence-corrected chi connectivity index (χ2v) is 4.79. The van der Waals surface area contributed by atoms with Gasteiger partial charge in [0.2, 0.25) is 0 Å². The number of amides is 1. The molecule has 0 fully saturated rings. The van der Waals surface area contributed by atoms with Gasteiger partial charge in [0.25, 0.3) is 0 Å². The molecule has 6 heteroatoms. The van der Waals surface area contributed by atoms with Gasteiger partial charge in [-0.2, -0.15) is 0 Å². The molecule has 0 rings (SSSR count). The summed E-state index contributed by atoms with van der Waals surface area (Å²) in [4.78, 5) is 24.0. The third kappa shape index (κ3) is 7.57. The maximum atomic E-state index is 11.7. The summed E-state index contributed by atoms with van der Waals surface area (Å²) in [5.41, 5.74) is -0.649. The van der Waals surface area contributed by atoms with Gasteiger partial charge < -0.3 is 14.6 Å². The highest BCUT2D eigenvalue weighted by Crippen LogP contribution is 2.10. The number of esters is 1. The molecule has 0 spiro atoms. The summed E-state index contributed by atoms with van der Waals surface area (Å²) in [6.45, 7) is 6.48. The van der Waals surface area contributed by atoms with E-state index in [-0.39, 0.29) is 13.1 Å². The van der Waals surface area contributed by atoms with Gasteiger partial charge in [-0.15, -0.1) is 0 Å². The number of aliphatic hydroxyl groups excluding tert-OH is 1. The van der Waals surface area contributed by atoms with Crippen LogP contribution in [0.3, 0.4) is 0 Å². The van der Waals surface area contributed by atoms with Gasteiger partial charge in [0, 0.05) is 0 Å². The maximum Gasteiger partial charge on any atom is 0.410 e. The standard InChI is InChI=1S/C11H21NO5/c1-8(13)6-12(7-9(14)16-5)10(15)17-11(2,3)4/h8,13H,6-7H2,1-5H3/t8-/m0/s1. The molecule has 0 aliphatic carbocycles. The number of rotatable bonds is 4. The number of carbonyl (C=O) groups excluding carboxylic acids is 2. The molecule has 17 heavy (non-hydrogen) atoms. The molecular weight excluding hydrogens is 226 g/mol. The quantitative estimate of drug-likeness (QED) is 0.743. The highest BCUT2D eigenvalue weighted by molar-refractivity contribution is 5.78.